The minimum Gasteiger partial charge on any atom is -0.744 e. The van der Waals surface area contributed by atoms with Gasteiger partial charge in [0.25, 0.3) is 0 Å². The van der Waals surface area contributed by atoms with Gasteiger partial charge in [-0.05, 0) is 111 Å². The number of allylic oxidation sites excluding steroid dienone is 8. The molecule has 0 saturated carbocycles. The molecule has 2 aliphatic rings. The predicted molar refractivity (Wildman–Crippen MR) is 360 cm³/mol. The molecule has 28 nitrogen and oxygen atoms in total. The van der Waals surface area contributed by atoms with Gasteiger partial charge in [-0.1, -0.05) is 36.4 Å². The zero-order valence-electron chi connectivity index (χ0n) is 56.6. The smallest absolute Gasteiger partial charge is 0.303 e. The van der Waals surface area contributed by atoms with Crippen molar-refractivity contribution in [2.45, 2.75) is 89.7 Å². The third-order valence-electron chi connectivity index (χ3n) is 16.5. The van der Waals surface area contributed by atoms with Crippen LogP contribution in [0.4, 0.5) is 11.4 Å². The molecule has 0 amide bonds. The van der Waals surface area contributed by atoms with Crippen molar-refractivity contribution in [2.24, 2.45) is 0 Å². The molecule has 552 valence electrons. The van der Waals surface area contributed by atoms with Crippen molar-refractivity contribution in [3.8, 4) is 0 Å². The lowest BCUT2D eigenvalue weighted by molar-refractivity contribution is -0.438. The number of carboxylic acids is 1. The van der Waals surface area contributed by atoms with Gasteiger partial charge in [-0.3, -0.25) is 4.79 Å². The van der Waals surface area contributed by atoms with Gasteiger partial charge < -0.3 is 85.1 Å². The third kappa shape index (κ3) is 24.3. The van der Waals surface area contributed by atoms with Gasteiger partial charge in [0, 0.05) is 86.7 Å². The molecular weight excluding hydrogens is 1380 g/mol. The van der Waals surface area contributed by atoms with E-state index in [2.05, 4.69) is 0 Å². The fourth-order valence-electron chi connectivity index (χ4n) is 11.8. The second kappa shape index (κ2) is 40.3. The quantitative estimate of drug-likeness (QED) is 0.0222. The fraction of sp³-hybridized carbons (Fsp3) is 0.552. The summed E-state index contributed by atoms with van der Waals surface area (Å²) in [6.07, 6.45) is 14.0. The van der Waals surface area contributed by atoms with E-state index < -0.39 is 76.9 Å². The van der Waals surface area contributed by atoms with Crippen molar-refractivity contribution >= 4 is 85.1 Å². The standard InChI is InChI=1S/C67H94N2O26S4/c1-6-68-57-20-18-53-55(47-51(96(72,73)74)49-59(53)98(78,79)80)64(57)66(2,22-25-86-31-33-90-39-41-94-45-43-92-37-35-88-29-27-84-4)61(68)15-11-8-7-9-12-16-62-67(3,23-26-87-32-34-91-40-42-95-46-44-93-38-36-89-30-28-85-5)65-56-48-52(97(75,76)77)50-60(99(81,82)83)54(56)19-21-58(65)69(62)24-14-10-13-17-63(70)71/h7-9,11-12,15-16,18-21,47-50H,6,10,13-14,17,22-46H2,1-5H3,(H4-,70,71,72,73,74,75,76,77,78,79,80,81,82,83)/p-3. The predicted octanol–water partition coefficient (Wildman–Crippen LogP) is 6.20. The number of anilines is 1. The number of methoxy groups -OCH3 is 2. The van der Waals surface area contributed by atoms with Crippen LogP contribution in [0.15, 0.2) is 116 Å². The first-order chi connectivity index (χ1) is 47.2. The number of hydrogen-bond acceptors (Lipinski definition) is 26. The van der Waals surface area contributed by atoms with E-state index in [-0.39, 0.29) is 93.7 Å². The van der Waals surface area contributed by atoms with Crippen LogP contribution >= 0.6 is 0 Å². The summed E-state index contributed by atoms with van der Waals surface area (Å²) in [6.45, 7) is 13.4. The van der Waals surface area contributed by atoms with Crippen LogP contribution in [0, 0.1) is 0 Å². The summed E-state index contributed by atoms with van der Waals surface area (Å²) in [7, 11) is -18.1. The van der Waals surface area contributed by atoms with Crippen molar-refractivity contribution in [3.05, 3.63) is 108 Å². The van der Waals surface area contributed by atoms with Crippen LogP contribution in [0.2, 0.25) is 0 Å². The molecule has 0 fully saturated rings. The summed E-state index contributed by atoms with van der Waals surface area (Å²) in [6, 6.07) is 9.39. The first kappa shape index (κ1) is 82.4. The van der Waals surface area contributed by atoms with Gasteiger partial charge in [0.05, 0.1) is 157 Å². The zero-order chi connectivity index (χ0) is 72.1. The number of fused-ring (bicyclic) bond motifs is 6. The van der Waals surface area contributed by atoms with E-state index in [9.17, 15) is 61.8 Å². The number of nitrogens with zero attached hydrogens (tertiary/aromatic N) is 2. The van der Waals surface area contributed by atoms with Gasteiger partial charge in [-0.25, -0.2) is 33.7 Å². The van der Waals surface area contributed by atoms with Crippen molar-refractivity contribution in [2.75, 3.05) is 178 Å². The molecule has 2 heterocycles. The number of carbonyl (C=O) groups is 1. The number of hydrogen-bond donors (Lipinski definition) is 1. The molecule has 0 bridgehead atoms. The van der Waals surface area contributed by atoms with E-state index in [0.29, 0.717) is 171 Å². The van der Waals surface area contributed by atoms with Crippen LogP contribution < -0.4 is 4.90 Å². The van der Waals surface area contributed by atoms with Crippen LogP contribution in [0.1, 0.15) is 70.4 Å². The number of carboxylic acid groups (broad SMARTS) is 1. The molecule has 0 radical (unpaired) electrons. The van der Waals surface area contributed by atoms with Gasteiger partial charge in [-0.15, -0.1) is 0 Å². The Hall–Kier alpha value is -5.54. The Balaban J connectivity index is 1.27. The minimum atomic E-state index is -5.36. The van der Waals surface area contributed by atoms with E-state index in [4.69, 9.17) is 56.8 Å². The van der Waals surface area contributed by atoms with Crippen LogP contribution in [-0.4, -0.2) is 246 Å². The van der Waals surface area contributed by atoms with Gasteiger partial charge in [-0.2, -0.15) is 4.58 Å². The third-order valence-corrected chi connectivity index (χ3v) is 19.9. The fourth-order valence-corrected chi connectivity index (χ4v) is 14.4. The molecule has 6 rings (SSSR count). The number of likely N-dealkylation sites (N-methyl/N-ethyl adjacent to an activating group) is 1. The lowest BCUT2D eigenvalue weighted by Crippen LogP contribution is -2.33. The van der Waals surface area contributed by atoms with Crippen molar-refractivity contribution in [1.29, 1.82) is 0 Å². The summed E-state index contributed by atoms with van der Waals surface area (Å²) in [5.41, 5.74) is 1.01. The molecule has 0 aromatic heterocycles. The highest BCUT2D eigenvalue weighted by Gasteiger charge is 2.49. The first-order valence-electron chi connectivity index (χ1n) is 32.4. The Morgan fingerprint density at radius 3 is 1.28 bits per heavy atom. The molecular formula is C67H91N2O26S4-3. The maximum absolute atomic E-state index is 12.9. The summed E-state index contributed by atoms with van der Waals surface area (Å²) in [5.74, 6) is -0.961. The Labute approximate surface area is 580 Å². The second-order valence-electron chi connectivity index (χ2n) is 23.2. The van der Waals surface area contributed by atoms with E-state index in [1.54, 1.807) is 56.7 Å². The maximum Gasteiger partial charge on any atom is 0.303 e. The van der Waals surface area contributed by atoms with Crippen molar-refractivity contribution < 1.29 is 123 Å². The molecule has 4 aromatic rings. The van der Waals surface area contributed by atoms with Crippen LogP contribution in [0.5, 0.6) is 0 Å². The van der Waals surface area contributed by atoms with Gasteiger partial charge in [0.15, 0.2) is 5.71 Å². The highest BCUT2D eigenvalue weighted by molar-refractivity contribution is 7.87. The topological polar surface area (TPSA) is 383 Å². The molecule has 0 aliphatic carbocycles. The number of rotatable bonds is 51. The zero-order valence-corrected chi connectivity index (χ0v) is 59.8. The Bertz CT molecular complexity index is 3930. The SMILES string of the molecule is CCN1/C(=C/C=C/C=C/C=C/C2=[N+](CCCCCC(=O)O)c3ccc4c(S(=O)(=O)[O-])cc(S(=O)(=O)[O-])cc4c3C2(C)CCOCCOCCOCCOCCOCCOC)C(C)(CCOCCOCCOCCOCCOCCOC)c2c1ccc1c(S(=O)(=O)[O-])cc(S(=O)(=O)[O-])cc21. The second-order valence-corrected chi connectivity index (χ2v) is 28.7. The number of unbranched alkanes of at least 4 members (excludes halogenated alkanes) is 2. The average molecular weight is 1470 g/mol. The highest BCUT2D eigenvalue weighted by atomic mass is 32.2. The molecule has 2 aliphatic heterocycles. The molecule has 0 saturated heterocycles. The first-order valence-corrected chi connectivity index (χ1v) is 38.0. The average Bonchev–Trinajstić information content (AvgIpc) is 1.62. The van der Waals surface area contributed by atoms with E-state index in [1.165, 1.54) is 12.1 Å². The monoisotopic (exact) mass is 1470 g/mol. The summed E-state index contributed by atoms with van der Waals surface area (Å²) in [4.78, 5) is 9.88. The van der Waals surface area contributed by atoms with Gasteiger partial charge in [0.2, 0.25) is 5.69 Å². The lowest BCUT2D eigenvalue weighted by atomic mass is 9.75. The van der Waals surface area contributed by atoms with Crippen LogP contribution in [-0.2, 0) is 113 Å². The molecule has 2 atom stereocenters. The number of ether oxygens (including phenoxy) is 12. The molecule has 1 N–H and O–H groups in total. The van der Waals surface area contributed by atoms with Crippen LogP contribution in [0.3, 0.4) is 0 Å². The Kier molecular flexibility index (Phi) is 33.6. The minimum absolute atomic E-state index is 0.0332. The Morgan fingerprint density at radius 2 is 0.869 bits per heavy atom. The van der Waals surface area contributed by atoms with Gasteiger partial charge in [0.1, 0.15) is 47.0 Å². The largest absolute Gasteiger partial charge is 0.744 e. The maximum atomic E-state index is 12.9. The molecule has 2 unspecified atom stereocenters. The molecule has 32 heteroatoms. The summed E-state index contributed by atoms with van der Waals surface area (Å²) < 4.78 is 221. The van der Waals surface area contributed by atoms with E-state index >= 15 is 0 Å². The summed E-state index contributed by atoms with van der Waals surface area (Å²) >= 11 is 0. The normalized spacial score (nSPS) is 17.3. The summed E-state index contributed by atoms with van der Waals surface area (Å²) in [5, 5.41) is 9.34. The molecule has 99 heavy (non-hydrogen) atoms. The Morgan fingerprint density at radius 1 is 0.475 bits per heavy atom. The number of aliphatic carboxylic acids is 1. The van der Waals surface area contributed by atoms with Crippen molar-refractivity contribution in [1.82, 2.24) is 0 Å². The molecule has 0 spiro atoms. The van der Waals surface area contributed by atoms with Crippen LogP contribution in [0.25, 0.3) is 21.5 Å². The highest BCUT2D eigenvalue weighted by Crippen LogP contribution is 2.54. The van der Waals surface area contributed by atoms with Gasteiger partial charge >= 0.3 is 5.97 Å². The number of benzene rings is 4. The lowest BCUT2D eigenvalue weighted by Gasteiger charge is -2.30. The van der Waals surface area contributed by atoms with E-state index in [1.807, 2.05) is 42.4 Å². The van der Waals surface area contributed by atoms with E-state index in [0.717, 1.165) is 12.1 Å². The molecule has 4 aromatic carbocycles. The van der Waals surface area contributed by atoms with Crippen molar-refractivity contribution in [3.63, 3.8) is 0 Å².